The van der Waals surface area contributed by atoms with E-state index in [0.29, 0.717) is 6.54 Å². The average molecular weight is 219 g/mol. The molecule has 0 aromatic heterocycles. The molecule has 1 unspecified atom stereocenters. The minimum atomic E-state index is -2.88. The summed E-state index contributed by atoms with van der Waals surface area (Å²) >= 11 is 0. The standard InChI is InChI=1S/C9H17NO3S/c1-14(11,12)8-6-9(10-7-8)2-4-13-5-3-9/h8,10H,2-7H2,1H3. The van der Waals surface area contributed by atoms with E-state index in [2.05, 4.69) is 5.32 Å². The summed E-state index contributed by atoms with van der Waals surface area (Å²) in [5.74, 6) is 0. The third-order valence-electron chi connectivity index (χ3n) is 3.38. The van der Waals surface area contributed by atoms with Gasteiger partial charge in [-0.05, 0) is 19.3 Å². The van der Waals surface area contributed by atoms with Crippen LogP contribution in [0.4, 0.5) is 0 Å². The van der Waals surface area contributed by atoms with E-state index >= 15 is 0 Å². The molecule has 4 nitrogen and oxygen atoms in total. The largest absolute Gasteiger partial charge is 0.381 e. The van der Waals surface area contributed by atoms with E-state index in [1.807, 2.05) is 0 Å². The van der Waals surface area contributed by atoms with Gasteiger partial charge >= 0.3 is 0 Å². The third-order valence-corrected chi connectivity index (χ3v) is 4.92. The number of rotatable bonds is 1. The van der Waals surface area contributed by atoms with E-state index in [-0.39, 0.29) is 10.8 Å². The van der Waals surface area contributed by atoms with Gasteiger partial charge in [0.25, 0.3) is 0 Å². The molecule has 0 aliphatic carbocycles. The van der Waals surface area contributed by atoms with Crippen LogP contribution in [0.2, 0.25) is 0 Å². The average Bonchev–Trinajstić information content (AvgIpc) is 2.50. The molecule has 1 atom stereocenters. The van der Waals surface area contributed by atoms with Crippen molar-refractivity contribution in [3.8, 4) is 0 Å². The molecule has 2 saturated heterocycles. The summed E-state index contributed by atoms with van der Waals surface area (Å²) in [6.45, 7) is 2.12. The fraction of sp³-hybridized carbons (Fsp3) is 1.00. The Kier molecular flexibility index (Phi) is 2.57. The first-order valence-corrected chi connectivity index (χ1v) is 6.99. The van der Waals surface area contributed by atoms with Crippen LogP contribution in [0.5, 0.6) is 0 Å². The van der Waals surface area contributed by atoms with E-state index in [1.165, 1.54) is 6.26 Å². The van der Waals surface area contributed by atoms with E-state index in [4.69, 9.17) is 4.74 Å². The monoisotopic (exact) mass is 219 g/mol. The second-order valence-corrected chi connectivity index (χ2v) is 6.75. The maximum absolute atomic E-state index is 11.4. The highest BCUT2D eigenvalue weighted by molar-refractivity contribution is 7.91. The van der Waals surface area contributed by atoms with Crippen LogP contribution in [0.15, 0.2) is 0 Å². The highest BCUT2D eigenvalue weighted by atomic mass is 32.2. The number of hydrogen-bond acceptors (Lipinski definition) is 4. The molecule has 2 heterocycles. The Labute approximate surface area is 84.9 Å². The summed E-state index contributed by atoms with van der Waals surface area (Å²) in [4.78, 5) is 0. The first-order chi connectivity index (χ1) is 6.52. The predicted octanol–water partition coefficient (Wildman–Crippen LogP) is -0.0579. The molecule has 0 bridgehead atoms. The number of sulfone groups is 1. The third kappa shape index (κ3) is 1.94. The lowest BCUT2D eigenvalue weighted by Crippen LogP contribution is -2.44. The Balaban J connectivity index is 2.06. The zero-order chi connectivity index (χ0) is 10.2. The van der Waals surface area contributed by atoms with Crippen molar-refractivity contribution < 1.29 is 13.2 Å². The summed E-state index contributed by atoms with van der Waals surface area (Å²) in [6, 6.07) is 0. The Morgan fingerprint density at radius 3 is 2.50 bits per heavy atom. The van der Waals surface area contributed by atoms with Gasteiger partial charge in [-0.25, -0.2) is 8.42 Å². The quantitative estimate of drug-likeness (QED) is 0.671. The molecule has 2 rings (SSSR count). The van der Waals surface area contributed by atoms with Crippen LogP contribution < -0.4 is 5.32 Å². The summed E-state index contributed by atoms with van der Waals surface area (Å²) in [5.41, 5.74) is 0.0476. The van der Waals surface area contributed by atoms with Gasteiger partial charge in [0.1, 0.15) is 0 Å². The van der Waals surface area contributed by atoms with Gasteiger partial charge in [0.05, 0.1) is 5.25 Å². The molecular formula is C9H17NO3S. The lowest BCUT2D eigenvalue weighted by Gasteiger charge is -2.33. The minimum absolute atomic E-state index is 0.0476. The van der Waals surface area contributed by atoms with Crippen molar-refractivity contribution in [2.24, 2.45) is 0 Å². The van der Waals surface area contributed by atoms with Gasteiger partial charge in [-0.2, -0.15) is 0 Å². The number of ether oxygens (including phenoxy) is 1. The topological polar surface area (TPSA) is 55.4 Å². The second kappa shape index (κ2) is 3.47. The molecule has 2 aliphatic rings. The molecular weight excluding hydrogens is 202 g/mol. The van der Waals surface area contributed by atoms with Crippen LogP contribution in [0, 0.1) is 0 Å². The lowest BCUT2D eigenvalue weighted by molar-refractivity contribution is 0.0459. The molecule has 1 N–H and O–H groups in total. The normalized spacial score (nSPS) is 32.2. The molecule has 0 radical (unpaired) electrons. The lowest BCUT2D eigenvalue weighted by atomic mass is 9.89. The summed E-state index contributed by atoms with van der Waals surface area (Å²) in [6.07, 6.45) is 3.98. The van der Waals surface area contributed by atoms with Crippen LogP contribution in [0.3, 0.4) is 0 Å². The molecule has 2 aliphatic heterocycles. The highest BCUT2D eigenvalue weighted by Gasteiger charge is 2.43. The van der Waals surface area contributed by atoms with Gasteiger partial charge in [0.15, 0.2) is 9.84 Å². The maximum Gasteiger partial charge on any atom is 0.151 e. The molecule has 0 amide bonds. The smallest absolute Gasteiger partial charge is 0.151 e. The fourth-order valence-electron chi connectivity index (χ4n) is 2.36. The first-order valence-electron chi connectivity index (χ1n) is 5.04. The Morgan fingerprint density at radius 1 is 1.36 bits per heavy atom. The first kappa shape index (κ1) is 10.4. The van der Waals surface area contributed by atoms with Crippen LogP contribution in [0.25, 0.3) is 0 Å². The number of hydrogen-bond donors (Lipinski definition) is 1. The Hall–Kier alpha value is -0.130. The van der Waals surface area contributed by atoms with Crippen LogP contribution in [0.1, 0.15) is 19.3 Å². The summed E-state index contributed by atoms with van der Waals surface area (Å²) < 4.78 is 28.1. The molecule has 14 heavy (non-hydrogen) atoms. The second-order valence-electron chi connectivity index (χ2n) is 4.43. The van der Waals surface area contributed by atoms with Gasteiger partial charge in [-0.15, -0.1) is 0 Å². The van der Waals surface area contributed by atoms with Crippen LogP contribution in [-0.4, -0.2) is 45.2 Å². The van der Waals surface area contributed by atoms with Crippen LogP contribution >= 0.6 is 0 Å². The van der Waals surface area contributed by atoms with E-state index in [9.17, 15) is 8.42 Å². The molecule has 0 aromatic rings. The highest BCUT2D eigenvalue weighted by Crippen LogP contribution is 2.32. The van der Waals surface area contributed by atoms with E-state index in [1.54, 1.807) is 0 Å². The SMILES string of the molecule is CS(=O)(=O)C1CNC2(CCOCC2)C1. The van der Waals surface area contributed by atoms with Gasteiger partial charge in [-0.3, -0.25) is 0 Å². The van der Waals surface area contributed by atoms with E-state index in [0.717, 1.165) is 32.5 Å². The molecule has 0 saturated carbocycles. The summed E-state index contributed by atoms with van der Waals surface area (Å²) in [7, 11) is -2.88. The molecule has 82 valence electrons. The van der Waals surface area contributed by atoms with Gasteiger partial charge in [-0.1, -0.05) is 0 Å². The van der Waals surface area contributed by atoms with Gasteiger partial charge in [0, 0.05) is 31.6 Å². The van der Waals surface area contributed by atoms with Gasteiger partial charge in [0.2, 0.25) is 0 Å². The molecule has 5 heteroatoms. The van der Waals surface area contributed by atoms with Gasteiger partial charge < -0.3 is 10.1 Å². The van der Waals surface area contributed by atoms with Crippen molar-refractivity contribution in [3.05, 3.63) is 0 Å². The fourth-order valence-corrected chi connectivity index (χ4v) is 3.36. The molecule has 1 spiro atoms. The maximum atomic E-state index is 11.4. The van der Waals surface area contributed by atoms with Crippen molar-refractivity contribution >= 4 is 9.84 Å². The Morgan fingerprint density at radius 2 is 2.00 bits per heavy atom. The zero-order valence-electron chi connectivity index (χ0n) is 8.45. The van der Waals surface area contributed by atoms with E-state index < -0.39 is 9.84 Å². The van der Waals surface area contributed by atoms with Crippen molar-refractivity contribution in [2.45, 2.75) is 30.1 Å². The summed E-state index contributed by atoms with van der Waals surface area (Å²) in [5, 5.41) is 3.18. The Bertz CT molecular complexity index is 306. The van der Waals surface area contributed by atoms with Crippen molar-refractivity contribution in [1.29, 1.82) is 0 Å². The zero-order valence-corrected chi connectivity index (χ0v) is 9.27. The predicted molar refractivity (Wildman–Crippen MR) is 54.0 cm³/mol. The number of nitrogens with one attached hydrogen (secondary N) is 1. The van der Waals surface area contributed by atoms with Crippen LogP contribution in [-0.2, 0) is 14.6 Å². The minimum Gasteiger partial charge on any atom is -0.381 e. The molecule has 2 fully saturated rings. The van der Waals surface area contributed by atoms with Crippen molar-refractivity contribution in [3.63, 3.8) is 0 Å². The van der Waals surface area contributed by atoms with Crippen molar-refractivity contribution in [2.75, 3.05) is 26.0 Å². The van der Waals surface area contributed by atoms with Crippen molar-refractivity contribution in [1.82, 2.24) is 5.32 Å². The molecule has 0 aromatic carbocycles.